The van der Waals surface area contributed by atoms with E-state index >= 15 is 0 Å². The van der Waals surface area contributed by atoms with Gasteiger partial charge in [-0.1, -0.05) is 36.4 Å². The first-order valence-electron chi connectivity index (χ1n) is 9.17. The van der Waals surface area contributed by atoms with E-state index in [2.05, 4.69) is 29.6 Å². The standard InChI is InChI=1S/C21H28N2O2.ClH/c1-2-24-20-14-18(21(22)17-10-12-23-13-11-17)8-9-19(20)25-15-16-6-4-3-5-7-16;/h3-9,14,17,21,23H,2,10-13,15,22H2,1H3;1H/t21-;/m1./s1. The normalized spacial score (nSPS) is 15.8. The fourth-order valence-corrected chi connectivity index (χ4v) is 3.33. The quantitative estimate of drug-likeness (QED) is 0.764. The molecule has 0 aromatic heterocycles. The van der Waals surface area contributed by atoms with Gasteiger partial charge in [0.25, 0.3) is 0 Å². The number of benzene rings is 2. The Bertz CT molecular complexity index is 660. The summed E-state index contributed by atoms with van der Waals surface area (Å²) in [7, 11) is 0. The highest BCUT2D eigenvalue weighted by atomic mass is 35.5. The molecule has 142 valence electrons. The number of halogens is 1. The Balaban J connectivity index is 0.00000243. The Hall–Kier alpha value is -1.75. The molecule has 1 fully saturated rings. The van der Waals surface area contributed by atoms with Crippen molar-refractivity contribution < 1.29 is 9.47 Å². The average molecular weight is 377 g/mol. The molecule has 5 heteroatoms. The molecule has 1 aliphatic heterocycles. The van der Waals surface area contributed by atoms with Gasteiger partial charge in [0.1, 0.15) is 6.61 Å². The highest BCUT2D eigenvalue weighted by Gasteiger charge is 2.22. The van der Waals surface area contributed by atoms with Gasteiger partial charge < -0.3 is 20.5 Å². The summed E-state index contributed by atoms with van der Waals surface area (Å²) in [4.78, 5) is 0. The van der Waals surface area contributed by atoms with E-state index in [1.165, 1.54) is 0 Å². The summed E-state index contributed by atoms with van der Waals surface area (Å²) in [5.74, 6) is 2.07. The Morgan fingerprint density at radius 1 is 1.04 bits per heavy atom. The van der Waals surface area contributed by atoms with Gasteiger partial charge in [-0.15, -0.1) is 12.4 Å². The molecule has 1 saturated heterocycles. The van der Waals surface area contributed by atoms with Crippen molar-refractivity contribution in [1.82, 2.24) is 5.32 Å². The first-order chi connectivity index (χ1) is 12.3. The Morgan fingerprint density at radius 3 is 2.46 bits per heavy atom. The first-order valence-corrected chi connectivity index (χ1v) is 9.17. The molecule has 3 N–H and O–H groups in total. The van der Waals surface area contributed by atoms with Crippen LogP contribution in [0.3, 0.4) is 0 Å². The molecule has 3 rings (SSSR count). The van der Waals surface area contributed by atoms with Crippen LogP contribution in [0.5, 0.6) is 11.5 Å². The third-order valence-corrected chi connectivity index (χ3v) is 4.78. The van der Waals surface area contributed by atoms with Gasteiger partial charge in [-0.3, -0.25) is 0 Å². The van der Waals surface area contributed by atoms with Crippen molar-refractivity contribution in [1.29, 1.82) is 0 Å². The van der Waals surface area contributed by atoms with E-state index in [9.17, 15) is 0 Å². The molecule has 0 radical (unpaired) electrons. The predicted octanol–water partition coefficient (Wildman–Crippen LogP) is 4.09. The second-order valence-corrected chi connectivity index (χ2v) is 6.53. The minimum Gasteiger partial charge on any atom is -0.490 e. The molecule has 0 amide bonds. The van der Waals surface area contributed by atoms with E-state index in [1.54, 1.807) is 0 Å². The van der Waals surface area contributed by atoms with Crippen LogP contribution in [-0.4, -0.2) is 19.7 Å². The third kappa shape index (κ3) is 5.37. The van der Waals surface area contributed by atoms with Crippen LogP contribution in [0.4, 0.5) is 0 Å². The van der Waals surface area contributed by atoms with Gasteiger partial charge >= 0.3 is 0 Å². The van der Waals surface area contributed by atoms with Crippen molar-refractivity contribution in [3.8, 4) is 11.5 Å². The Kier molecular flexibility index (Phi) is 8.23. The highest BCUT2D eigenvalue weighted by molar-refractivity contribution is 5.85. The molecule has 0 saturated carbocycles. The Labute approximate surface area is 162 Å². The van der Waals surface area contributed by atoms with Gasteiger partial charge in [0.05, 0.1) is 6.61 Å². The summed E-state index contributed by atoms with van der Waals surface area (Å²) >= 11 is 0. The molecule has 2 aromatic carbocycles. The summed E-state index contributed by atoms with van der Waals surface area (Å²) in [5.41, 5.74) is 8.79. The molecule has 26 heavy (non-hydrogen) atoms. The van der Waals surface area contributed by atoms with Crippen LogP contribution in [0.2, 0.25) is 0 Å². The van der Waals surface area contributed by atoms with Gasteiger partial charge in [-0.05, 0) is 62.0 Å². The molecule has 0 unspecified atom stereocenters. The van der Waals surface area contributed by atoms with Gasteiger partial charge in [0.2, 0.25) is 0 Å². The summed E-state index contributed by atoms with van der Waals surface area (Å²) in [6, 6.07) is 16.3. The second-order valence-electron chi connectivity index (χ2n) is 6.53. The highest BCUT2D eigenvalue weighted by Crippen LogP contribution is 2.34. The predicted molar refractivity (Wildman–Crippen MR) is 108 cm³/mol. The van der Waals surface area contributed by atoms with Crippen LogP contribution in [0, 0.1) is 5.92 Å². The fourth-order valence-electron chi connectivity index (χ4n) is 3.33. The van der Waals surface area contributed by atoms with E-state index in [0.29, 0.717) is 19.1 Å². The van der Waals surface area contributed by atoms with Crippen LogP contribution in [0.1, 0.15) is 36.9 Å². The summed E-state index contributed by atoms with van der Waals surface area (Å²) in [6.45, 7) is 5.22. The van der Waals surface area contributed by atoms with E-state index in [4.69, 9.17) is 15.2 Å². The topological polar surface area (TPSA) is 56.5 Å². The van der Waals surface area contributed by atoms with Crippen LogP contribution < -0.4 is 20.5 Å². The van der Waals surface area contributed by atoms with Gasteiger partial charge in [0.15, 0.2) is 11.5 Å². The minimum absolute atomic E-state index is 0. The summed E-state index contributed by atoms with van der Waals surface area (Å²) in [6.07, 6.45) is 2.24. The number of nitrogens with two attached hydrogens (primary N) is 1. The smallest absolute Gasteiger partial charge is 0.161 e. The zero-order chi connectivity index (χ0) is 17.5. The molecule has 0 bridgehead atoms. The van der Waals surface area contributed by atoms with E-state index in [-0.39, 0.29) is 18.4 Å². The number of hydrogen-bond donors (Lipinski definition) is 2. The zero-order valence-electron chi connectivity index (χ0n) is 15.3. The molecule has 1 aliphatic rings. The van der Waals surface area contributed by atoms with Crippen LogP contribution in [-0.2, 0) is 6.61 Å². The molecular formula is C21H29ClN2O2. The zero-order valence-corrected chi connectivity index (χ0v) is 16.1. The maximum atomic E-state index is 6.53. The molecule has 1 atom stereocenters. The second kappa shape index (κ2) is 10.4. The lowest BCUT2D eigenvalue weighted by Crippen LogP contribution is -2.33. The lowest BCUT2D eigenvalue weighted by atomic mass is 9.86. The molecule has 4 nitrogen and oxygen atoms in total. The van der Waals surface area contributed by atoms with E-state index in [0.717, 1.165) is 48.6 Å². The van der Waals surface area contributed by atoms with Gasteiger partial charge in [0, 0.05) is 6.04 Å². The van der Waals surface area contributed by atoms with Crippen molar-refractivity contribution in [2.24, 2.45) is 11.7 Å². The van der Waals surface area contributed by atoms with Crippen molar-refractivity contribution in [2.75, 3.05) is 19.7 Å². The van der Waals surface area contributed by atoms with Crippen LogP contribution in [0.15, 0.2) is 48.5 Å². The largest absolute Gasteiger partial charge is 0.490 e. The van der Waals surface area contributed by atoms with Crippen molar-refractivity contribution >= 4 is 12.4 Å². The van der Waals surface area contributed by atoms with E-state index in [1.807, 2.05) is 31.2 Å². The minimum atomic E-state index is 0. The van der Waals surface area contributed by atoms with Crippen LogP contribution in [0.25, 0.3) is 0 Å². The monoisotopic (exact) mass is 376 g/mol. The number of rotatable bonds is 7. The fraction of sp³-hybridized carbons (Fsp3) is 0.429. The molecular weight excluding hydrogens is 348 g/mol. The van der Waals surface area contributed by atoms with Crippen molar-refractivity contribution in [2.45, 2.75) is 32.4 Å². The molecule has 0 aliphatic carbocycles. The number of ether oxygens (including phenoxy) is 2. The number of piperidine rings is 1. The lowest BCUT2D eigenvalue weighted by Gasteiger charge is -2.28. The summed E-state index contributed by atoms with van der Waals surface area (Å²) < 4.78 is 11.8. The summed E-state index contributed by atoms with van der Waals surface area (Å²) in [5, 5.41) is 3.39. The molecule has 2 aromatic rings. The van der Waals surface area contributed by atoms with Crippen molar-refractivity contribution in [3.05, 3.63) is 59.7 Å². The first kappa shape index (κ1) is 20.6. The number of hydrogen-bond acceptors (Lipinski definition) is 4. The average Bonchev–Trinajstić information content (AvgIpc) is 2.68. The SMILES string of the molecule is CCOc1cc([C@H](N)C2CCNCC2)ccc1OCc1ccccc1.Cl. The number of nitrogens with one attached hydrogen (secondary N) is 1. The van der Waals surface area contributed by atoms with Crippen LogP contribution >= 0.6 is 12.4 Å². The third-order valence-electron chi connectivity index (χ3n) is 4.78. The van der Waals surface area contributed by atoms with Gasteiger partial charge in [-0.2, -0.15) is 0 Å². The van der Waals surface area contributed by atoms with E-state index < -0.39 is 0 Å². The maximum Gasteiger partial charge on any atom is 0.161 e. The maximum absolute atomic E-state index is 6.53. The Morgan fingerprint density at radius 2 is 1.77 bits per heavy atom. The molecule has 0 spiro atoms. The lowest BCUT2D eigenvalue weighted by molar-refractivity contribution is 0.268. The van der Waals surface area contributed by atoms with Crippen molar-refractivity contribution in [3.63, 3.8) is 0 Å². The molecule has 1 heterocycles. The van der Waals surface area contributed by atoms with Gasteiger partial charge in [-0.25, -0.2) is 0 Å².